The van der Waals surface area contributed by atoms with Gasteiger partial charge in [0, 0.05) is 10.1 Å². The van der Waals surface area contributed by atoms with Gasteiger partial charge in [0.1, 0.15) is 0 Å². The molecule has 0 fully saturated rings. The van der Waals surface area contributed by atoms with Crippen molar-refractivity contribution in [3.05, 3.63) is 22.2 Å². The van der Waals surface area contributed by atoms with Crippen LogP contribution in [-0.2, 0) is 0 Å². The Bertz CT molecular complexity index is 262. The molecular weight excluding hydrogens is 311 g/mol. The summed E-state index contributed by atoms with van der Waals surface area (Å²) < 4.78 is 0. The van der Waals surface area contributed by atoms with Gasteiger partial charge in [-0.2, -0.15) is 0 Å². The quantitative estimate of drug-likeness (QED) is 0.205. The van der Waals surface area contributed by atoms with Gasteiger partial charge in [-0.15, -0.1) is 0 Å². The van der Waals surface area contributed by atoms with E-state index < -0.39 is 0 Å². The molecule has 0 radical (unpaired) electrons. The lowest BCUT2D eigenvalue weighted by molar-refractivity contribution is 0.609. The van der Waals surface area contributed by atoms with Crippen LogP contribution in [0.1, 0.15) is 104 Å². The second-order valence-electron chi connectivity index (χ2n) is 6.26. The van der Waals surface area contributed by atoms with E-state index in [4.69, 9.17) is 23.2 Å². The molecule has 0 heterocycles. The number of hydrogen-bond donors (Lipinski definition) is 0. The van der Waals surface area contributed by atoms with Gasteiger partial charge in [-0.05, 0) is 37.8 Å². The Balaban J connectivity index is 3.62. The van der Waals surface area contributed by atoms with E-state index in [1.54, 1.807) is 0 Å². The molecule has 0 aromatic heterocycles. The lowest BCUT2D eigenvalue weighted by Crippen LogP contribution is -1.81. The molecule has 0 aliphatic rings. The fraction of sp³-hybridized carbons (Fsp3) is 0.800. The van der Waals surface area contributed by atoms with Crippen molar-refractivity contribution in [2.45, 2.75) is 104 Å². The van der Waals surface area contributed by atoms with E-state index in [2.05, 4.69) is 13.8 Å². The molecular formula is C20H36Cl2. The van der Waals surface area contributed by atoms with Crippen molar-refractivity contribution < 1.29 is 0 Å². The van der Waals surface area contributed by atoms with Crippen molar-refractivity contribution in [1.82, 2.24) is 0 Å². The van der Waals surface area contributed by atoms with Crippen molar-refractivity contribution in [3.63, 3.8) is 0 Å². The molecule has 0 nitrogen and oxygen atoms in total. The van der Waals surface area contributed by atoms with Crippen LogP contribution < -0.4 is 0 Å². The SMILES string of the molecule is CCCCCCCC/C(Cl)=C/C=C(\Cl)CCCCCCCC. The van der Waals surface area contributed by atoms with Crippen molar-refractivity contribution >= 4 is 23.2 Å². The molecule has 0 saturated heterocycles. The lowest BCUT2D eigenvalue weighted by Gasteiger charge is -2.01. The number of halogens is 2. The third-order valence-electron chi connectivity index (χ3n) is 3.98. The maximum atomic E-state index is 6.24. The third kappa shape index (κ3) is 16.4. The largest absolute Gasteiger partial charge is 0.0892 e. The highest BCUT2D eigenvalue weighted by molar-refractivity contribution is 6.31. The highest BCUT2D eigenvalue weighted by Crippen LogP contribution is 2.18. The smallest absolute Gasteiger partial charge is 0.0181 e. The number of allylic oxidation sites excluding steroid dienone is 4. The zero-order valence-electron chi connectivity index (χ0n) is 14.8. The first-order valence-corrected chi connectivity index (χ1v) is 10.2. The minimum Gasteiger partial charge on any atom is -0.0892 e. The Labute approximate surface area is 149 Å². The summed E-state index contributed by atoms with van der Waals surface area (Å²) in [6.07, 6.45) is 21.7. The van der Waals surface area contributed by atoms with Gasteiger partial charge in [0.15, 0.2) is 0 Å². The second-order valence-corrected chi connectivity index (χ2v) is 7.23. The van der Waals surface area contributed by atoms with Crippen LogP contribution in [0.4, 0.5) is 0 Å². The third-order valence-corrected chi connectivity index (χ3v) is 4.61. The first kappa shape index (κ1) is 22.1. The van der Waals surface area contributed by atoms with Crippen molar-refractivity contribution in [2.75, 3.05) is 0 Å². The average molecular weight is 347 g/mol. The van der Waals surface area contributed by atoms with Crippen LogP contribution in [0.25, 0.3) is 0 Å². The van der Waals surface area contributed by atoms with Gasteiger partial charge in [-0.25, -0.2) is 0 Å². The second kappa shape index (κ2) is 17.4. The van der Waals surface area contributed by atoms with Gasteiger partial charge in [0.05, 0.1) is 0 Å². The van der Waals surface area contributed by atoms with E-state index in [0.717, 1.165) is 22.9 Å². The van der Waals surface area contributed by atoms with Gasteiger partial charge in [-0.1, -0.05) is 101 Å². The first-order chi connectivity index (χ1) is 10.7. The van der Waals surface area contributed by atoms with Gasteiger partial charge in [0.2, 0.25) is 0 Å². The van der Waals surface area contributed by atoms with Crippen LogP contribution in [0, 0.1) is 0 Å². The fourth-order valence-electron chi connectivity index (χ4n) is 2.50. The van der Waals surface area contributed by atoms with Crippen molar-refractivity contribution in [3.8, 4) is 0 Å². The maximum Gasteiger partial charge on any atom is 0.0181 e. The Morgan fingerprint density at radius 2 is 0.864 bits per heavy atom. The molecule has 0 aromatic rings. The Morgan fingerprint density at radius 3 is 1.23 bits per heavy atom. The fourth-order valence-corrected chi connectivity index (χ4v) is 2.89. The average Bonchev–Trinajstić information content (AvgIpc) is 2.52. The molecule has 0 saturated carbocycles. The normalized spacial score (nSPS) is 12.9. The number of unbranched alkanes of at least 4 members (excludes halogenated alkanes) is 10. The molecule has 0 N–H and O–H groups in total. The summed E-state index contributed by atoms with van der Waals surface area (Å²) >= 11 is 12.5. The standard InChI is InChI=1S/C20H36Cl2/c1-3-5-7-9-11-13-15-19(21)17-18-20(22)16-14-12-10-8-6-4-2/h17-18H,3-16H2,1-2H3/b19-17-,20-18-. The molecule has 2 heteroatoms. The maximum absolute atomic E-state index is 6.24. The summed E-state index contributed by atoms with van der Waals surface area (Å²) in [5.41, 5.74) is 0. The molecule has 0 amide bonds. The van der Waals surface area contributed by atoms with E-state index >= 15 is 0 Å². The Morgan fingerprint density at radius 1 is 0.545 bits per heavy atom. The molecule has 0 aliphatic heterocycles. The number of hydrogen-bond acceptors (Lipinski definition) is 0. The molecule has 0 atom stereocenters. The highest BCUT2D eigenvalue weighted by atomic mass is 35.5. The van der Waals surface area contributed by atoms with Crippen molar-refractivity contribution in [2.24, 2.45) is 0 Å². The summed E-state index contributed by atoms with van der Waals surface area (Å²) in [5.74, 6) is 0. The predicted molar refractivity (Wildman–Crippen MR) is 104 cm³/mol. The lowest BCUT2D eigenvalue weighted by atomic mass is 10.1. The van der Waals surface area contributed by atoms with Crippen LogP contribution in [0.3, 0.4) is 0 Å². The van der Waals surface area contributed by atoms with E-state index in [1.165, 1.54) is 77.0 Å². The highest BCUT2D eigenvalue weighted by Gasteiger charge is 1.96. The minimum absolute atomic E-state index is 0.941. The van der Waals surface area contributed by atoms with Crippen LogP contribution in [0.15, 0.2) is 22.2 Å². The van der Waals surface area contributed by atoms with Gasteiger partial charge >= 0.3 is 0 Å². The minimum atomic E-state index is 0.941. The van der Waals surface area contributed by atoms with Crippen LogP contribution >= 0.6 is 23.2 Å². The molecule has 130 valence electrons. The van der Waals surface area contributed by atoms with Crippen molar-refractivity contribution in [1.29, 1.82) is 0 Å². The number of rotatable bonds is 15. The van der Waals surface area contributed by atoms with E-state index in [-0.39, 0.29) is 0 Å². The zero-order chi connectivity index (χ0) is 16.5. The van der Waals surface area contributed by atoms with Gasteiger partial charge < -0.3 is 0 Å². The molecule has 22 heavy (non-hydrogen) atoms. The Kier molecular flexibility index (Phi) is 17.5. The molecule has 0 rings (SSSR count). The molecule has 0 unspecified atom stereocenters. The van der Waals surface area contributed by atoms with Gasteiger partial charge in [0.25, 0.3) is 0 Å². The summed E-state index contributed by atoms with van der Waals surface area (Å²) in [7, 11) is 0. The van der Waals surface area contributed by atoms with Crippen LogP contribution in [0.2, 0.25) is 0 Å². The van der Waals surface area contributed by atoms with Crippen LogP contribution in [0.5, 0.6) is 0 Å². The Hall–Kier alpha value is 0.0600. The molecule has 0 aromatic carbocycles. The van der Waals surface area contributed by atoms with Crippen LogP contribution in [-0.4, -0.2) is 0 Å². The predicted octanol–water partition coefficient (Wildman–Crippen LogP) is 8.73. The van der Waals surface area contributed by atoms with E-state index in [0.29, 0.717) is 0 Å². The monoisotopic (exact) mass is 346 g/mol. The molecule has 0 spiro atoms. The van der Waals surface area contributed by atoms with E-state index in [1.807, 2.05) is 12.2 Å². The zero-order valence-corrected chi connectivity index (χ0v) is 16.3. The van der Waals surface area contributed by atoms with E-state index in [9.17, 15) is 0 Å². The molecule has 0 aliphatic carbocycles. The summed E-state index contributed by atoms with van der Waals surface area (Å²) in [6.45, 7) is 4.50. The first-order valence-electron chi connectivity index (χ1n) is 9.41. The topological polar surface area (TPSA) is 0 Å². The summed E-state index contributed by atoms with van der Waals surface area (Å²) in [6, 6.07) is 0. The molecule has 0 bridgehead atoms. The summed E-state index contributed by atoms with van der Waals surface area (Å²) in [5, 5.41) is 1.88. The van der Waals surface area contributed by atoms with Gasteiger partial charge in [-0.3, -0.25) is 0 Å². The summed E-state index contributed by atoms with van der Waals surface area (Å²) in [4.78, 5) is 0.